The normalized spacial score (nSPS) is 12.2. The van der Waals surface area contributed by atoms with E-state index in [0.29, 0.717) is 5.82 Å². The number of rotatable bonds is 3. The molecule has 0 spiro atoms. The van der Waals surface area contributed by atoms with Gasteiger partial charge in [0.2, 0.25) is 0 Å². The van der Waals surface area contributed by atoms with Crippen molar-refractivity contribution in [3.63, 3.8) is 0 Å². The smallest absolute Gasteiger partial charge is 0.320 e. The van der Waals surface area contributed by atoms with Crippen LogP contribution in [-0.2, 0) is 7.05 Å². The van der Waals surface area contributed by atoms with Crippen molar-refractivity contribution in [1.29, 1.82) is 0 Å². The Hall–Kier alpha value is -2.24. The molecule has 0 bridgehead atoms. The summed E-state index contributed by atoms with van der Waals surface area (Å²) in [6.45, 7) is 5.68. The van der Waals surface area contributed by atoms with Gasteiger partial charge in [0.15, 0.2) is 5.82 Å². The fourth-order valence-corrected chi connectivity index (χ4v) is 1.99. The molecule has 0 aliphatic heterocycles. The average Bonchev–Trinajstić information content (AvgIpc) is 2.84. The van der Waals surface area contributed by atoms with Gasteiger partial charge in [0.1, 0.15) is 11.5 Å². The van der Waals surface area contributed by atoms with Gasteiger partial charge in [-0.3, -0.25) is 10.00 Å². The quantitative estimate of drug-likeness (QED) is 0.892. The van der Waals surface area contributed by atoms with Crippen molar-refractivity contribution >= 4 is 11.8 Å². The maximum Gasteiger partial charge on any atom is 0.320 e. The lowest BCUT2D eigenvalue weighted by atomic mass is 10.1. The number of aromatic nitrogens is 2. The zero-order valence-electron chi connectivity index (χ0n) is 11.5. The molecule has 0 aliphatic rings. The molecule has 0 aromatic carbocycles. The molecular weight excluding hydrogens is 244 g/mol. The third-order valence-electron chi connectivity index (χ3n) is 2.85. The van der Waals surface area contributed by atoms with Gasteiger partial charge in [0, 0.05) is 24.9 Å². The van der Waals surface area contributed by atoms with Crippen LogP contribution in [0.2, 0.25) is 0 Å². The number of nitrogens with zero attached hydrogens (tertiary/aromatic N) is 2. The molecule has 0 radical (unpaired) electrons. The van der Waals surface area contributed by atoms with Crippen molar-refractivity contribution < 1.29 is 9.21 Å². The molecular formula is C13H18N4O2. The number of carbonyl (C=O) groups is 1. The third kappa shape index (κ3) is 3.15. The van der Waals surface area contributed by atoms with Crippen molar-refractivity contribution in [2.75, 3.05) is 5.32 Å². The zero-order valence-corrected chi connectivity index (χ0v) is 11.5. The highest BCUT2D eigenvalue weighted by Gasteiger charge is 2.15. The molecule has 6 heteroatoms. The monoisotopic (exact) mass is 262 g/mol. The number of aryl methyl sites for hydroxylation is 3. The summed E-state index contributed by atoms with van der Waals surface area (Å²) in [7, 11) is 1.79. The molecule has 2 rings (SSSR count). The number of hydrogen-bond donors (Lipinski definition) is 2. The number of furan rings is 1. The second kappa shape index (κ2) is 5.17. The molecule has 2 amide bonds. The minimum absolute atomic E-state index is 0.124. The highest BCUT2D eigenvalue weighted by atomic mass is 16.3. The van der Waals surface area contributed by atoms with Crippen LogP contribution in [-0.4, -0.2) is 15.8 Å². The van der Waals surface area contributed by atoms with E-state index in [1.807, 2.05) is 26.8 Å². The molecule has 0 fully saturated rings. The summed E-state index contributed by atoms with van der Waals surface area (Å²) in [5.74, 6) is 2.18. The summed E-state index contributed by atoms with van der Waals surface area (Å²) in [6.07, 6.45) is 1.77. The van der Waals surface area contributed by atoms with Crippen LogP contribution in [0.1, 0.15) is 30.0 Å². The molecule has 0 saturated heterocycles. The highest BCUT2D eigenvalue weighted by molar-refractivity contribution is 5.88. The van der Waals surface area contributed by atoms with E-state index >= 15 is 0 Å². The molecule has 1 unspecified atom stereocenters. The number of amides is 2. The highest BCUT2D eigenvalue weighted by Crippen LogP contribution is 2.21. The molecule has 2 aromatic rings. The van der Waals surface area contributed by atoms with Crippen LogP contribution in [0.3, 0.4) is 0 Å². The lowest BCUT2D eigenvalue weighted by Crippen LogP contribution is -2.31. The first-order chi connectivity index (χ1) is 8.95. The number of urea groups is 1. The van der Waals surface area contributed by atoms with E-state index < -0.39 is 0 Å². The van der Waals surface area contributed by atoms with Gasteiger partial charge in [-0.2, -0.15) is 5.10 Å². The van der Waals surface area contributed by atoms with Gasteiger partial charge in [-0.15, -0.1) is 0 Å². The Balaban J connectivity index is 1.97. The van der Waals surface area contributed by atoms with Gasteiger partial charge in [-0.1, -0.05) is 0 Å². The van der Waals surface area contributed by atoms with E-state index in [1.54, 1.807) is 24.0 Å². The summed E-state index contributed by atoms with van der Waals surface area (Å²) in [6, 6.07) is 3.25. The van der Waals surface area contributed by atoms with E-state index in [4.69, 9.17) is 4.42 Å². The summed E-state index contributed by atoms with van der Waals surface area (Å²) in [5, 5.41) is 9.60. The second-order valence-electron chi connectivity index (χ2n) is 4.56. The predicted octanol–water partition coefficient (Wildman–Crippen LogP) is 2.51. The first-order valence-corrected chi connectivity index (χ1v) is 6.10. The topological polar surface area (TPSA) is 72.1 Å². The Bertz CT molecular complexity index is 585. The fraction of sp³-hybridized carbons (Fsp3) is 0.385. The summed E-state index contributed by atoms with van der Waals surface area (Å²) >= 11 is 0. The fourth-order valence-electron chi connectivity index (χ4n) is 1.99. The Morgan fingerprint density at radius 3 is 2.74 bits per heavy atom. The van der Waals surface area contributed by atoms with E-state index in [0.717, 1.165) is 17.1 Å². The SMILES string of the molecule is Cc1cc(C(C)NC(=O)Nc2ccn(C)n2)c(C)o1. The molecule has 19 heavy (non-hydrogen) atoms. The average molecular weight is 262 g/mol. The van der Waals surface area contributed by atoms with Gasteiger partial charge in [0.25, 0.3) is 0 Å². The summed E-state index contributed by atoms with van der Waals surface area (Å²) in [4.78, 5) is 11.8. The standard InChI is InChI=1S/C13H18N4O2/c1-8-7-11(10(3)19-8)9(2)14-13(18)15-12-5-6-17(4)16-12/h5-7,9H,1-4H3,(H2,14,15,16,18). The Morgan fingerprint density at radius 1 is 1.47 bits per heavy atom. The van der Waals surface area contributed by atoms with E-state index in [-0.39, 0.29) is 12.1 Å². The van der Waals surface area contributed by atoms with Gasteiger partial charge < -0.3 is 9.73 Å². The molecule has 1 atom stereocenters. The van der Waals surface area contributed by atoms with Crippen LogP contribution in [0.4, 0.5) is 10.6 Å². The molecule has 6 nitrogen and oxygen atoms in total. The first kappa shape index (κ1) is 13.2. The van der Waals surface area contributed by atoms with Crippen molar-refractivity contribution in [2.45, 2.75) is 26.8 Å². The Kier molecular flexibility index (Phi) is 3.59. The molecule has 2 heterocycles. The number of anilines is 1. The third-order valence-corrected chi connectivity index (χ3v) is 2.85. The maximum absolute atomic E-state index is 11.8. The Morgan fingerprint density at radius 2 is 2.21 bits per heavy atom. The number of carbonyl (C=O) groups excluding carboxylic acids is 1. The van der Waals surface area contributed by atoms with Crippen molar-refractivity contribution in [3.8, 4) is 0 Å². The minimum Gasteiger partial charge on any atom is -0.466 e. The van der Waals surface area contributed by atoms with E-state index in [1.165, 1.54) is 0 Å². The lowest BCUT2D eigenvalue weighted by molar-refractivity contribution is 0.249. The lowest BCUT2D eigenvalue weighted by Gasteiger charge is -2.13. The Labute approximate surface area is 111 Å². The summed E-state index contributed by atoms with van der Waals surface area (Å²) < 4.78 is 7.08. The maximum atomic E-state index is 11.8. The van der Waals surface area contributed by atoms with Gasteiger partial charge in [-0.25, -0.2) is 4.79 Å². The predicted molar refractivity (Wildman–Crippen MR) is 72.0 cm³/mol. The van der Waals surface area contributed by atoms with Crippen molar-refractivity contribution in [3.05, 3.63) is 35.4 Å². The van der Waals surface area contributed by atoms with E-state index in [9.17, 15) is 4.79 Å². The molecule has 2 aromatic heterocycles. The van der Waals surface area contributed by atoms with Crippen LogP contribution in [0.25, 0.3) is 0 Å². The zero-order chi connectivity index (χ0) is 14.0. The van der Waals surface area contributed by atoms with Crippen LogP contribution >= 0.6 is 0 Å². The van der Waals surface area contributed by atoms with Gasteiger partial charge >= 0.3 is 6.03 Å². The van der Waals surface area contributed by atoms with Gasteiger partial charge in [-0.05, 0) is 26.8 Å². The van der Waals surface area contributed by atoms with E-state index in [2.05, 4.69) is 15.7 Å². The second-order valence-corrected chi connectivity index (χ2v) is 4.56. The minimum atomic E-state index is -0.288. The van der Waals surface area contributed by atoms with Crippen LogP contribution < -0.4 is 10.6 Å². The number of hydrogen-bond acceptors (Lipinski definition) is 3. The van der Waals surface area contributed by atoms with Crippen LogP contribution in [0.5, 0.6) is 0 Å². The molecule has 102 valence electrons. The van der Waals surface area contributed by atoms with Crippen molar-refractivity contribution in [2.24, 2.45) is 7.05 Å². The van der Waals surface area contributed by atoms with Crippen LogP contribution in [0, 0.1) is 13.8 Å². The molecule has 0 saturated carbocycles. The largest absolute Gasteiger partial charge is 0.466 e. The molecule has 2 N–H and O–H groups in total. The molecule has 0 aliphatic carbocycles. The summed E-state index contributed by atoms with van der Waals surface area (Å²) in [5.41, 5.74) is 0.980. The first-order valence-electron chi connectivity index (χ1n) is 6.10. The number of nitrogens with one attached hydrogen (secondary N) is 2. The van der Waals surface area contributed by atoms with Gasteiger partial charge in [0.05, 0.1) is 6.04 Å². The van der Waals surface area contributed by atoms with Crippen molar-refractivity contribution in [1.82, 2.24) is 15.1 Å². The van der Waals surface area contributed by atoms with Crippen LogP contribution in [0.15, 0.2) is 22.7 Å².